The minimum Gasteiger partial charge on any atom is -0.399 e. The number of carbonyl (C=O) groups is 4. The van der Waals surface area contributed by atoms with Gasteiger partial charge in [-0.3, -0.25) is 52.9 Å². The maximum Gasteiger partial charge on any atom is 0.494 e. The van der Waals surface area contributed by atoms with Crippen molar-refractivity contribution in [2.24, 2.45) is 0 Å². The van der Waals surface area contributed by atoms with Gasteiger partial charge in [0.1, 0.15) is 40.2 Å². The molecular weight excluding hydrogens is 1620 g/mol. The highest BCUT2D eigenvalue weighted by molar-refractivity contribution is 6.62. The molecule has 1 aliphatic rings. The van der Waals surface area contributed by atoms with Gasteiger partial charge >= 0.3 is 7.12 Å². The quantitative estimate of drug-likeness (QED) is 0.0581. The van der Waals surface area contributed by atoms with Gasteiger partial charge in [-0.25, -0.2) is 42.5 Å². The smallest absolute Gasteiger partial charge is 0.399 e. The molecule has 0 spiro atoms. The highest BCUT2D eigenvalue weighted by Crippen LogP contribution is 2.38. The second-order valence-electron chi connectivity index (χ2n) is 30.1. The van der Waals surface area contributed by atoms with E-state index in [2.05, 4.69) is 71.1 Å². The van der Waals surface area contributed by atoms with Crippen molar-refractivity contribution in [2.75, 3.05) is 21.3 Å². The lowest BCUT2D eigenvalue weighted by molar-refractivity contribution is 0.00578. The first-order valence-corrected chi connectivity index (χ1v) is 39.9. The molecule has 126 heavy (non-hydrogen) atoms. The van der Waals surface area contributed by atoms with Crippen LogP contribution in [0.3, 0.4) is 0 Å². The molecule has 11 heterocycles. The van der Waals surface area contributed by atoms with Gasteiger partial charge in [0.25, 0.3) is 23.6 Å². The molecule has 4 N–H and O–H groups in total. The molecule has 0 aliphatic carbocycles. The minimum atomic E-state index is -0.530. The minimum absolute atomic E-state index is 0.253. The molecular formula is C96H78BClF4N18O6. The van der Waals surface area contributed by atoms with Gasteiger partial charge in [0.05, 0.1) is 82.3 Å². The summed E-state index contributed by atoms with van der Waals surface area (Å²) < 4.78 is 72.0. The monoisotopic (exact) mass is 1700 g/mol. The fraction of sp³-hybridized carbons (Fsp3) is 0.104. The van der Waals surface area contributed by atoms with E-state index in [0.29, 0.717) is 73.2 Å². The number of nitrogens with one attached hydrogen (secondary N) is 4. The van der Waals surface area contributed by atoms with Gasteiger partial charge in [-0.05, 0) is 229 Å². The van der Waals surface area contributed by atoms with E-state index in [0.717, 1.165) is 83.6 Å². The average molecular weight is 1700 g/mol. The Balaban J connectivity index is 0.000000125. The molecule has 0 unspecified atom stereocenters. The van der Waals surface area contributed by atoms with Crippen LogP contribution < -0.4 is 26.7 Å². The fourth-order valence-corrected chi connectivity index (χ4v) is 13.7. The summed E-state index contributed by atoms with van der Waals surface area (Å²) in [6.45, 7) is 15.4. The third-order valence-corrected chi connectivity index (χ3v) is 21.3. The summed E-state index contributed by atoms with van der Waals surface area (Å²) in [5.41, 5.74) is 16.8. The largest absolute Gasteiger partial charge is 0.494 e. The SMILES string of the molecule is Cc1ccc(-c2nccn3c(-c4ccccn4)ncc23)cc1C(=O)Nc1ccc(F)cc1.Cc1ccc(-c2nccn3c(-c4ccccn4)ncc23)cc1C(=O)Nc1ccc(F)cc1.Cc1ccc(-c2nccn3cncc23)cc1C(=O)Nc1ccc(F)cc1.Cc1ccc(B2OC(C)(C)C(C)(C)O2)cc1C(=O)Nc1ccc(F)cc1.Clc1nccn2cncc12. The zero-order valence-electron chi connectivity index (χ0n) is 69.0. The van der Waals surface area contributed by atoms with E-state index < -0.39 is 18.3 Å². The third-order valence-electron chi connectivity index (χ3n) is 21.0. The molecule has 0 saturated carbocycles. The Morgan fingerprint density at radius 1 is 0.357 bits per heavy atom. The second-order valence-corrected chi connectivity index (χ2v) is 30.5. The van der Waals surface area contributed by atoms with Crippen LogP contribution in [-0.2, 0) is 9.31 Å². The number of amides is 4. The van der Waals surface area contributed by atoms with Crippen molar-refractivity contribution >= 4 is 92.6 Å². The molecule has 0 radical (unpaired) electrons. The van der Waals surface area contributed by atoms with E-state index in [1.54, 1.807) is 86.9 Å². The summed E-state index contributed by atoms with van der Waals surface area (Å²) in [7, 11) is -0.530. The number of imidazole rings is 4. The molecule has 18 aromatic rings. The maximum atomic E-state index is 13.2. The van der Waals surface area contributed by atoms with Crippen LogP contribution in [0.2, 0.25) is 5.15 Å². The summed E-state index contributed by atoms with van der Waals surface area (Å²) in [6, 6.07) is 56.5. The van der Waals surface area contributed by atoms with Crippen molar-refractivity contribution in [1.29, 1.82) is 0 Å². The summed E-state index contributed by atoms with van der Waals surface area (Å²) in [6.07, 6.45) is 27.8. The first-order chi connectivity index (χ1) is 60.8. The molecule has 19 rings (SSSR count). The van der Waals surface area contributed by atoms with Crippen LogP contribution in [0.25, 0.3) is 78.9 Å². The molecule has 1 fully saturated rings. The van der Waals surface area contributed by atoms with Crippen LogP contribution >= 0.6 is 11.6 Å². The van der Waals surface area contributed by atoms with Gasteiger partial charge in [-0.1, -0.05) is 72.3 Å². The topological polar surface area (TPSA) is 281 Å². The molecule has 4 amide bonds. The number of carbonyl (C=O) groups excluding carboxylic acids is 4. The molecule has 24 nitrogen and oxygen atoms in total. The van der Waals surface area contributed by atoms with Crippen molar-refractivity contribution in [3.8, 4) is 56.8 Å². The van der Waals surface area contributed by atoms with Crippen molar-refractivity contribution in [1.82, 2.24) is 67.4 Å². The first kappa shape index (κ1) is 85.4. The number of hydrogen-bond acceptors (Lipinski definition) is 16. The second kappa shape index (κ2) is 37.4. The van der Waals surface area contributed by atoms with E-state index in [4.69, 9.17) is 20.9 Å². The number of rotatable bonds is 14. The molecule has 626 valence electrons. The van der Waals surface area contributed by atoms with Gasteiger partial charge in [0.2, 0.25) is 0 Å². The number of halogens is 5. The van der Waals surface area contributed by atoms with Gasteiger partial charge < -0.3 is 39.4 Å². The normalized spacial score (nSPS) is 12.3. The Hall–Kier alpha value is -15.6. The number of aryl methyl sites for hydroxylation is 4. The average Bonchev–Trinajstić information content (AvgIpc) is 1.64. The Morgan fingerprint density at radius 2 is 0.690 bits per heavy atom. The van der Waals surface area contributed by atoms with Gasteiger partial charge in [0, 0.05) is 124 Å². The number of pyridine rings is 2. The number of fused-ring (bicyclic) bond motifs is 4. The summed E-state index contributed by atoms with van der Waals surface area (Å²) in [5, 5.41) is 11.7. The van der Waals surface area contributed by atoms with Crippen LogP contribution in [0.4, 0.5) is 40.3 Å². The molecule has 30 heteroatoms. The lowest BCUT2D eigenvalue weighted by atomic mass is 9.77. The van der Waals surface area contributed by atoms with Gasteiger partial charge in [-0.2, -0.15) is 0 Å². The predicted octanol–water partition coefficient (Wildman–Crippen LogP) is 19.5. The van der Waals surface area contributed by atoms with Crippen LogP contribution in [0.1, 0.15) is 91.4 Å². The van der Waals surface area contributed by atoms with Crippen LogP contribution in [0.15, 0.2) is 306 Å². The van der Waals surface area contributed by atoms with Crippen LogP contribution in [-0.4, -0.2) is 109 Å². The van der Waals surface area contributed by atoms with Crippen molar-refractivity contribution in [3.63, 3.8) is 0 Å². The Kier molecular flexibility index (Phi) is 25.4. The maximum absolute atomic E-state index is 13.2. The molecule has 0 bridgehead atoms. The lowest BCUT2D eigenvalue weighted by Crippen LogP contribution is -2.41. The zero-order chi connectivity index (χ0) is 88.3. The number of nitrogens with zero attached hydrogens (tertiary/aromatic N) is 14. The highest BCUT2D eigenvalue weighted by atomic mass is 35.5. The van der Waals surface area contributed by atoms with Crippen LogP contribution in [0, 0.1) is 51.0 Å². The van der Waals surface area contributed by atoms with E-state index in [-0.39, 0.29) is 46.9 Å². The summed E-state index contributed by atoms with van der Waals surface area (Å²) >= 11 is 5.73. The number of benzene rings is 8. The Bertz CT molecular complexity index is 6790. The molecule has 1 saturated heterocycles. The Labute approximate surface area is 725 Å². The van der Waals surface area contributed by atoms with Crippen molar-refractivity contribution in [2.45, 2.75) is 66.6 Å². The Morgan fingerprint density at radius 3 is 1.06 bits per heavy atom. The first-order valence-electron chi connectivity index (χ1n) is 39.5. The third kappa shape index (κ3) is 19.5. The number of anilines is 4. The molecule has 0 atom stereocenters. The van der Waals surface area contributed by atoms with E-state index in [1.165, 1.54) is 97.1 Å². The van der Waals surface area contributed by atoms with E-state index in [9.17, 15) is 36.7 Å². The molecule has 10 aromatic heterocycles. The van der Waals surface area contributed by atoms with Crippen molar-refractivity contribution < 1.29 is 46.0 Å². The number of hydrogen-bond donors (Lipinski definition) is 4. The molecule has 8 aromatic carbocycles. The van der Waals surface area contributed by atoms with Crippen LogP contribution in [0.5, 0.6) is 0 Å². The lowest BCUT2D eigenvalue weighted by Gasteiger charge is -2.32. The van der Waals surface area contributed by atoms with Crippen molar-refractivity contribution in [3.05, 3.63) is 379 Å². The standard InChI is InChI=1S/2C25H18FN5O.C20H23BFNO3.C20H15FN4O.C6H4ClN3/c2*1-16-5-6-17(14-20(16)25(32)30-19-9-7-18(26)8-10-19)23-22-15-29-24(31(22)13-12-28-23)21-4-2-3-11-27-21;1-13-6-7-14(21-25-19(2,3)20(4,5)26-21)12-17(13)18(24)23-16-10-8-15(22)9-11-16;1-13-2-3-14(19-18-11-22-12-25(18)9-8-23-19)10-17(13)20(26)24-16-6-4-15(21)5-7-16;7-6-5-3-8-4-10(5)2-1-9-6/h2*2-15H,1H3,(H,30,32);6-12H,1-5H3,(H,23,24);2-12H,1H3,(H,24,26);1-4H. The van der Waals surface area contributed by atoms with Gasteiger partial charge in [-0.15, -0.1) is 0 Å². The fourth-order valence-electron chi connectivity index (χ4n) is 13.5. The zero-order valence-corrected chi connectivity index (χ0v) is 69.8. The van der Waals surface area contributed by atoms with E-state index >= 15 is 0 Å². The predicted molar refractivity (Wildman–Crippen MR) is 478 cm³/mol. The number of aromatic nitrogens is 14. The summed E-state index contributed by atoms with van der Waals surface area (Å²) in [5.74, 6) is -1.03. The highest BCUT2D eigenvalue weighted by Gasteiger charge is 2.52. The summed E-state index contributed by atoms with van der Waals surface area (Å²) in [4.78, 5) is 94.5. The molecule has 1 aliphatic heterocycles. The van der Waals surface area contributed by atoms with Gasteiger partial charge in [0.15, 0.2) is 16.8 Å². The van der Waals surface area contributed by atoms with E-state index in [1.807, 2.05) is 195 Å².